The molecule has 19 heavy (non-hydrogen) atoms. The molecule has 2 aromatic rings. The standard InChI is InChI=1S/C13H11BrN4O/c1-19-12-4-2-9(14)8-10(12)11-3-5-13(18-17-11)16-7-6-15/h2-5,8H,7H2,1H3,(H,16,18). The Morgan fingerprint density at radius 1 is 1.32 bits per heavy atom. The maximum absolute atomic E-state index is 8.48. The molecule has 1 N–H and O–H groups in total. The van der Waals surface area contributed by atoms with Crippen molar-refractivity contribution in [3.05, 3.63) is 34.8 Å². The lowest BCUT2D eigenvalue weighted by Gasteiger charge is -2.08. The fraction of sp³-hybridized carbons (Fsp3) is 0.154. The van der Waals surface area contributed by atoms with Crippen LogP contribution in [0.3, 0.4) is 0 Å². The number of methoxy groups -OCH3 is 1. The molecule has 5 nitrogen and oxygen atoms in total. The summed E-state index contributed by atoms with van der Waals surface area (Å²) in [6.45, 7) is 0.203. The molecule has 0 atom stereocenters. The van der Waals surface area contributed by atoms with E-state index in [9.17, 15) is 0 Å². The van der Waals surface area contributed by atoms with Crippen LogP contribution < -0.4 is 10.1 Å². The van der Waals surface area contributed by atoms with Crippen LogP contribution in [0, 0.1) is 11.3 Å². The van der Waals surface area contributed by atoms with Gasteiger partial charge < -0.3 is 10.1 Å². The third-order valence-electron chi connectivity index (χ3n) is 2.45. The molecule has 0 radical (unpaired) electrons. The van der Waals surface area contributed by atoms with Crippen molar-refractivity contribution in [2.24, 2.45) is 0 Å². The SMILES string of the molecule is COc1ccc(Br)cc1-c1ccc(NCC#N)nn1. The van der Waals surface area contributed by atoms with Gasteiger partial charge in [-0.1, -0.05) is 15.9 Å². The predicted octanol–water partition coefficient (Wildman–Crippen LogP) is 2.85. The Bertz CT molecular complexity index is 607. The third kappa shape index (κ3) is 3.20. The number of nitrogens with one attached hydrogen (secondary N) is 1. The van der Waals surface area contributed by atoms with Gasteiger partial charge in [-0.3, -0.25) is 0 Å². The van der Waals surface area contributed by atoms with Crippen molar-refractivity contribution in [3.63, 3.8) is 0 Å². The summed E-state index contributed by atoms with van der Waals surface area (Å²) < 4.78 is 6.24. The van der Waals surface area contributed by atoms with E-state index in [1.807, 2.05) is 30.3 Å². The van der Waals surface area contributed by atoms with Gasteiger partial charge in [0.15, 0.2) is 0 Å². The lowest BCUT2D eigenvalue weighted by molar-refractivity contribution is 0.416. The summed E-state index contributed by atoms with van der Waals surface area (Å²) >= 11 is 3.42. The Morgan fingerprint density at radius 2 is 2.16 bits per heavy atom. The number of hydrogen-bond acceptors (Lipinski definition) is 5. The minimum atomic E-state index is 0.203. The Hall–Kier alpha value is -2.13. The molecule has 0 bridgehead atoms. The molecular formula is C13H11BrN4O. The number of ether oxygens (including phenoxy) is 1. The van der Waals surface area contributed by atoms with Crippen LogP contribution in [-0.4, -0.2) is 23.9 Å². The molecule has 0 amide bonds. The number of nitriles is 1. The number of nitrogens with zero attached hydrogens (tertiary/aromatic N) is 3. The molecule has 6 heteroatoms. The van der Waals surface area contributed by atoms with E-state index in [4.69, 9.17) is 10.00 Å². The first-order valence-electron chi connectivity index (χ1n) is 5.53. The van der Waals surface area contributed by atoms with Crippen LogP contribution in [0.5, 0.6) is 5.75 Å². The molecule has 2 rings (SSSR count). The first-order chi connectivity index (χ1) is 9.24. The maximum Gasteiger partial charge on any atom is 0.149 e. The zero-order valence-electron chi connectivity index (χ0n) is 10.2. The van der Waals surface area contributed by atoms with Gasteiger partial charge in [0.1, 0.15) is 18.1 Å². The number of rotatable bonds is 4. The molecule has 1 heterocycles. The van der Waals surface area contributed by atoms with Crippen LogP contribution in [0.15, 0.2) is 34.8 Å². The molecule has 0 saturated carbocycles. The van der Waals surface area contributed by atoms with Gasteiger partial charge in [0, 0.05) is 10.0 Å². The van der Waals surface area contributed by atoms with Gasteiger partial charge in [-0.2, -0.15) is 5.26 Å². The van der Waals surface area contributed by atoms with Gasteiger partial charge in [-0.05, 0) is 30.3 Å². The molecule has 0 aliphatic heterocycles. The van der Waals surface area contributed by atoms with Crippen molar-refractivity contribution in [1.29, 1.82) is 5.26 Å². The number of anilines is 1. The summed E-state index contributed by atoms with van der Waals surface area (Å²) in [7, 11) is 1.61. The van der Waals surface area contributed by atoms with Crippen LogP contribution in [0.1, 0.15) is 0 Å². The smallest absolute Gasteiger partial charge is 0.149 e. The zero-order valence-corrected chi connectivity index (χ0v) is 11.8. The van der Waals surface area contributed by atoms with E-state index in [-0.39, 0.29) is 6.54 Å². The summed E-state index contributed by atoms with van der Waals surface area (Å²) in [5.41, 5.74) is 1.57. The van der Waals surface area contributed by atoms with Crippen LogP contribution in [0.2, 0.25) is 0 Å². The second-order valence-electron chi connectivity index (χ2n) is 3.66. The number of aromatic nitrogens is 2. The van der Waals surface area contributed by atoms with E-state index in [1.54, 1.807) is 13.2 Å². The molecule has 96 valence electrons. The van der Waals surface area contributed by atoms with E-state index >= 15 is 0 Å². The zero-order chi connectivity index (χ0) is 13.7. The molecule has 0 aliphatic carbocycles. The molecule has 1 aromatic carbocycles. The van der Waals surface area contributed by atoms with Gasteiger partial charge in [-0.15, -0.1) is 10.2 Å². The Morgan fingerprint density at radius 3 is 2.79 bits per heavy atom. The van der Waals surface area contributed by atoms with Crippen molar-refractivity contribution < 1.29 is 4.74 Å². The van der Waals surface area contributed by atoms with Crippen molar-refractivity contribution in [2.45, 2.75) is 0 Å². The minimum absolute atomic E-state index is 0.203. The fourth-order valence-electron chi connectivity index (χ4n) is 1.58. The number of benzene rings is 1. The largest absolute Gasteiger partial charge is 0.496 e. The van der Waals surface area contributed by atoms with Crippen molar-refractivity contribution in [1.82, 2.24) is 10.2 Å². The van der Waals surface area contributed by atoms with E-state index < -0.39 is 0 Å². The van der Waals surface area contributed by atoms with Gasteiger partial charge in [0.05, 0.1) is 18.9 Å². The number of hydrogen-bond donors (Lipinski definition) is 1. The summed E-state index contributed by atoms with van der Waals surface area (Å²) in [4.78, 5) is 0. The lowest BCUT2D eigenvalue weighted by atomic mass is 10.1. The minimum Gasteiger partial charge on any atom is -0.496 e. The van der Waals surface area contributed by atoms with Crippen molar-refractivity contribution in [3.8, 4) is 23.1 Å². The maximum atomic E-state index is 8.48. The van der Waals surface area contributed by atoms with E-state index in [2.05, 4.69) is 31.4 Å². The highest BCUT2D eigenvalue weighted by Gasteiger charge is 2.08. The van der Waals surface area contributed by atoms with Gasteiger partial charge >= 0.3 is 0 Å². The van der Waals surface area contributed by atoms with Crippen LogP contribution in [0.25, 0.3) is 11.3 Å². The Labute approximate surface area is 119 Å². The highest BCUT2D eigenvalue weighted by atomic mass is 79.9. The Kier molecular flexibility index (Phi) is 4.31. The van der Waals surface area contributed by atoms with Crippen LogP contribution >= 0.6 is 15.9 Å². The summed E-state index contributed by atoms with van der Waals surface area (Å²) in [6.07, 6.45) is 0. The van der Waals surface area contributed by atoms with E-state index in [1.165, 1.54) is 0 Å². The monoisotopic (exact) mass is 318 g/mol. The van der Waals surface area contributed by atoms with E-state index in [0.717, 1.165) is 15.8 Å². The highest BCUT2D eigenvalue weighted by molar-refractivity contribution is 9.10. The average Bonchev–Trinajstić information content (AvgIpc) is 2.45. The van der Waals surface area contributed by atoms with Gasteiger partial charge in [0.25, 0.3) is 0 Å². The quantitative estimate of drug-likeness (QED) is 0.878. The first-order valence-corrected chi connectivity index (χ1v) is 6.32. The van der Waals surface area contributed by atoms with Gasteiger partial charge in [0.2, 0.25) is 0 Å². The van der Waals surface area contributed by atoms with Gasteiger partial charge in [-0.25, -0.2) is 0 Å². The van der Waals surface area contributed by atoms with Crippen molar-refractivity contribution in [2.75, 3.05) is 19.0 Å². The molecule has 0 unspecified atom stereocenters. The Balaban J connectivity index is 2.32. The fourth-order valence-corrected chi connectivity index (χ4v) is 1.94. The normalized spacial score (nSPS) is 9.74. The number of halogens is 1. The summed E-state index contributed by atoms with van der Waals surface area (Å²) in [6, 6.07) is 11.3. The molecule has 0 fully saturated rings. The van der Waals surface area contributed by atoms with Crippen molar-refractivity contribution >= 4 is 21.7 Å². The molecule has 0 aliphatic rings. The van der Waals surface area contributed by atoms with Crippen LogP contribution in [0.4, 0.5) is 5.82 Å². The molecular weight excluding hydrogens is 308 g/mol. The topological polar surface area (TPSA) is 70.8 Å². The predicted molar refractivity (Wildman–Crippen MR) is 75.8 cm³/mol. The second kappa shape index (κ2) is 6.16. The lowest BCUT2D eigenvalue weighted by Crippen LogP contribution is -2.02. The van der Waals surface area contributed by atoms with E-state index in [0.29, 0.717) is 11.5 Å². The molecule has 1 aromatic heterocycles. The van der Waals surface area contributed by atoms with Crippen LogP contribution in [-0.2, 0) is 0 Å². The first kappa shape index (κ1) is 13.3. The third-order valence-corrected chi connectivity index (χ3v) is 2.94. The highest BCUT2D eigenvalue weighted by Crippen LogP contribution is 2.31. The molecule has 0 spiro atoms. The summed E-state index contributed by atoms with van der Waals surface area (Å²) in [5, 5.41) is 19.5. The second-order valence-corrected chi connectivity index (χ2v) is 4.58. The molecule has 0 saturated heterocycles. The summed E-state index contributed by atoms with van der Waals surface area (Å²) in [5.74, 6) is 1.30. The average molecular weight is 319 g/mol.